The molecule has 0 saturated carbocycles. The van der Waals surface area contributed by atoms with E-state index in [1.54, 1.807) is 28.4 Å². The molecule has 8 nitrogen and oxygen atoms in total. The Labute approximate surface area is 226 Å². The topological polar surface area (TPSA) is 73.8 Å². The van der Waals surface area contributed by atoms with E-state index >= 15 is 0 Å². The van der Waals surface area contributed by atoms with Gasteiger partial charge in [0.2, 0.25) is 0 Å². The Morgan fingerprint density at radius 1 is 0.361 bits per heavy atom. The number of hydrogen-bond acceptors (Lipinski definition) is 8. The number of hydrogen-bond donors (Lipinski definition) is 0. The summed E-state index contributed by atoms with van der Waals surface area (Å²) < 4.78 is 53.7. The van der Waals surface area contributed by atoms with E-state index in [1.165, 1.54) is 0 Å². The van der Waals surface area contributed by atoms with Gasteiger partial charge in [0, 0.05) is 48.6 Å². The van der Waals surface area contributed by atoms with Crippen LogP contribution < -0.4 is 0 Å². The van der Waals surface area contributed by atoms with Crippen molar-refractivity contribution < 1.29 is 35.4 Å². The normalized spacial score (nSPS) is 33.3. The van der Waals surface area contributed by atoms with Crippen LogP contribution in [0.4, 0.5) is 0 Å². The van der Waals surface area contributed by atoms with Crippen LogP contribution in [-0.2, 0) is 35.4 Å². The highest BCUT2D eigenvalue weighted by atomic mass is 28.5. The molecule has 1 saturated heterocycles. The maximum atomic E-state index is 7.53. The molecule has 0 aromatic rings. The Kier molecular flexibility index (Phi) is 11.1. The first kappa shape index (κ1) is 34.6. The molecular formula is C24H56O8Si4. The Morgan fingerprint density at radius 3 is 0.583 bits per heavy atom. The predicted octanol–water partition coefficient (Wildman–Crippen LogP) is 5.78. The molecule has 1 heterocycles. The molecule has 12 heteroatoms. The summed E-state index contributed by atoms with van der Waals surface area (Å²) in [6.45, 7) is 26.1. The van der Waals surface area contributed by atoms with Crippen LogP contribution in [0.3, 0.4) is 0 Å². The maximum Gasteiger partial charge on any atom is 0.352 e. The van der Waals surface area contributed by atoms with E-state index in [1.807, 2.05) is 0 Å². The second kappa shape index (κ2) is 11.6. The Balaban J connectivity index is 4.27. The molecule has 0 aliphatic carbocycles. The molecular weight excluding hydrogens is 529 g/mol. The summed E-state index contributed by atoms with van der Waals surface area (Å²) >= 11 is 0. The lowest BCUT2D eigenvalue weighted by Crippen LogP contribution is -2.80. The van der Waals surface area contributed by atoms with E-state index in [0.717, 1.165) is 0 Å². The highest BCUT2D eigenvalue weighted by Gasteiger charge is 2.72. The fourth-order valence-corrected chi connectivity index (χ4v) is 29.9. The number of ether oxygens (including phenoxy) is 4. The van der Waals surface area contributed by atoms with E-state index in [0.29, 0.717) is 24.9 Å². The van der Waals surface area contributed by atoms with Gasteiger partial charge in [0.1, 0.15) is 0 Å². The first-order valence-corrected chi connectivity index (χ1v) is 20.9. The van der Waals surface area contributed by atoms with Crippen LogP contribution in [0.2, 0.25) is 20.2 Å². The summed E-state index contributed by atoms with van der Waals surface area (Å²) in [5.41, 5.74) is 0. The molecule has 1 aliphatic rings. The molecule has 1 rings (SSSR count). The van der Waals surface area contributed by atoms with Gasteiger partial charge in [-0.2, -0.15) is 0 Å². The molecule has 0 unspecified atom stereocenters. The zero-order valence-corrected chi connectivity index (χ0v) is 30.1. The van der Waals surface area contributed by atoms with Crippen LogP contribution in [0.25, 0.3) is 0 Å². The van der Waals surface area contributed by atoms with Crippen molar-refractivity contribution >= 4 is 34.2 Å². The third-order valence-electron chi connectivity index (χ3n) is 7.23. The van der Waals surface area contributed by atoms with Gasteiger partial charge in [-0.3, -0.25) is 0 Å². The van der Waals surface area contributed by atoms with Crippen LogP contribution in [0.15, 0.2) is 0 Å². The quantitative estimate of drug-likeness (QED) is 0.333. The highest BCUT2D eigenvalue weighted by Crippen LogP contribution is 2.56. The minimum atomic E-state index is -3.20. The Bertz CT molecular complexity index is 579. The third kappa shape index (κ3) is 6.64. The molecule has 36 heavy (non-hydrogen) atoms. The molecule has 0 radical (unpaired) electrons. The molecule has 0 amide bonds. The van der Waals surface area contributed by atoms with E-state index in [2.05, 4.69) is 83.1 Å². The van der Waals surface area contributed by atoms with Crippen LogP contribution in [0.1, 0.15) is 83.1 Å². The molecule has 0 bridgehead atoms. The summed E-state index contributed by atoms with van der Waals surface area (Å²) in [4.78, 5) is 0. The monoisotopic (exact) mass is 584 g/mol. The van der Waals surface area contributed by atoms with Crippen molar-refractivity contribution in [1.82, 2.24) is 0 Å². The fraction of sp³-hybridized carbons (Fsp3) is 1.00. The summed E-state index contributed by atoms with van der Waals surface area (Å²) in [7, 11) is -5.98. The van der Waals surface area contributed by atoms with Crippen molar-refractivity contribution in [3.05, 3.63) is 0 Å². The molecule has 1 fully saturated rings. The minimum Gasteiger partial charge on any atom is -0.412 e. The van der Waals surface area contributed by atoms with Crippen molar-refractivity contribution in [2.75, 3.05) is 53.4 Å². The van der Waals surface area contributed by atoms with E-state index < -0.39 is 34.2 Å². The molecule has 216 valence electrons. The van der Waals surface area contributed by atoms with Crippen LogP contribution in [0, 0.1) is 0 Å². The van der Waals surface area contributed by atoms with Crippen molar-refractivity contribution in [2.45, 2.75) is 103 Å². The zero-order valence-electron chi connectivity index (χ0n) is 26.1. The van der Waals surface area contributed by atoms with Crippen molar-refractivity contribution in [3.63, 3.8) is 0 Å². The first-order chi connectivity index (χ1) is 16.1. The standard InChI is InChI=1S/C24H56O8Si4/c1-21(2,3)33(17-25-13)29-34(18-26-14,22(4,5)6)31-36(20-28-16,24(10,11)12)32-35(30-33,19-27-15)23(7,8)9/h17-20H2,1-16H3. The van der Waals surface area contributed by atoms with Gasteiger partial charge in [-0.05, 0) is 0 Å². The third-order valence-corrected chi connectivity index (χ3v) is 29.6. The summed E-state index contributed by atoms with van der Waals surface area (Å²) in [5, 5.41) is -1.41. The van der Waals surface area contributed by atoms with Crippen LogP contribution >= 0.6 is 0 Å². The van der Waals surface area contributed by atoms with E-state index in [9.17, 15) is 0 Å². The average molecular weight is 585 g/mol. The van der Waals surface area contributed by atoms with Crippen LogP contribution in [0.5, 0.6) is 0 Å². The second-order valence-electron chi connectivity index (χ2n) is 14.2. The van der Waals surface area contributed by atoms with Gasteiger partial charge < -0.3 is 35.4 Å². The molecule has 1 aliphatic heterocycles. The van der Waals surface area contributed by atoms with Gasteiger partial charge in [0.05, 0.1) is 24.9 Å². The van der Waals surface area contributed by atoms with E-state index in [4.69, 9.17) is 35.4 Å². The lowest BCUT2D eigenvalue weighted by Gasteiger charge is -2.61. The smallest absolute Gasteiger partial charge is 0.352 e. The lowest BCUT2D eigenvalue weighted by atomic mass is 10.2. The van der Waals surface area contributed by atoms with Crippen molar-refractivity contribution in [2.24, 2.45) is 0 Å². The maximum absolute atomic E-state index is 7.53. The zero-order chi connectivity index (χ0) is 28.5. The largest absolute Gasteiger partial charge is 0.412 e. The summed E-state index contributed by atoms with van der Waals surface area (Å²) in [6.07, 6.45) is 1.39. The number of methoxy groups -OCH3 is 4. The first-order valence-electron chi connectivity index (χ1n) is 12.8. The molecule has 0 N–H and O–H groups in total. The highest BCUT2D eigenvalue weighted by molar-refractivity contribution is 6.97. The summed E-state index contributed by atoms with van der Waals surface area (Å²) in [6, 6.07) is 0. The van der Waals surface area contributed by atoms with Gasteiger partial charge in [0.15, 0.2) is 0 Å². The van der Waals surface area contributed by atoms with Gasteiger partial charge in [0.25, 0.3) is 0 Å². The Morgan fingerprint density at radius 2 is 0.500 bits per heavy atom. The average Bonchev–Trinajstić information content (AvgIpc) is 2.63. The van der Waals surface area contributed by atoms with Gasteiger partial charge in [-0.25, -0.2) is 0 Å². The second-order valence-corrected chi connectivity index (χ2v) is 30.6. The number of rotatable bonds is 8. The molecule has 0 aromatic heterocycles. The molecule has 0 atom stereocenters. The SMILES string of the molecule is COC[Si]1(C(C)(C)C)O[Si](COC)(C(C)(C)C)O[Si](COC)(C(C)(C)C)O[Si](COC)(C(C)(C)C)O1. The van der Waals surface area contributed by atoms with Crippen molar-refractivity contribution in [1.29, 1.82) is 0 Å². The summed E-state index contributed by atoms with van der Waals surface area (Å²) in [5.74, 6) is 0. The van der Waals surface area contributed by atoms with Gasteiger partial charge in [-0.15, -0.1) is 0 Å². The van der Waals surface area contributed by atoms with Crippen LogP contribution in [-0.4, -0.2) is 87.6 Å². The van der Waals surface area contributed by atoms with Crippen molar-refractivity contribution in [3.8, 4) is 0 Å². The minimum absolute atomic E-state index is 0.348. The molecule has 0 spiro atoms. The van der Waals surface area contributed by atoms with Gasteiger partial charge in [-0.1, -0.05) is 83.1 Å². The Hall–Kier alpha value is 0.548. The van der Waals surface area contributed by atoms with Gasteiger partial charge >= 0.3 is 34.2 Å². The fourth-order valence-electron chi connectivity index (χ4n) is 4.24. The predicted molar refractivity (Wildman–Crippen MR) is 154 cm³/mol. The van der Waals surface area contributed by atoms with E-state index in [-0.39, 0.29) is 20.2 Å². The lowest BCUT2D eigenvalue weighted by molar-refractivity contribution is 0.0863. The molecule has 0 aromatic carbocycles.